The summed E-state index contributed by atoms with van der Waals surface area (Å²) in [6, 6.07) is 2.69. The van der Waals surface area contributed by atoms with Gasteiger partial charge in [0.15, 0.2) is 0 Å². The number of nitrogens with zero attached hydrogens (tertiary/aromatic N) is 1. The number of carbonyl (C=O) groups excluding carboxylic acids is 2. The Morgan fingerprint density at radius 1 is 0.853 bits per heavy atom. The lowest BCUT2D eigenvalue weighted by atomic mass is 10.0. The third kappa shape index (κ3) is 6.28. The van der Waals surface area contributed by atoms with Crippen LogP contribution < -0.4 is 5.32 Å². The largest absolute Gasteiger partial charge is 0.416 e. The molecule has 1 heterocycles. The summed E-state index contributed by atoms with van der Waals surface area (Å²) in [4.78, 5) is 26.3. The normalized spacial score (nSPS) is 17.6. The Morgan fingerprint density at radius 2 is 1.41 bits per heavy atom. The molecule has 2 amide bonds. The van der Waals surface area contributed by atoms with E-state index in [9.17, 15) is 35.9 Å². The van der Waals surface area contributed by atoms with Gasteiger partial charge in [-0.3, -0.25) is 9.59 Å². The van der Waals surface area contributed by atoms with E-state index in [2.05, 4.69) is 5.32 Å². The van der Waals surface area contributed by atoms with Gasteiger partial charge in [0.05, 0.1) is 21.2 Å². The van der Waals surface area contributed by atoms with E-state index in [4.69, 9.17) is 34.8 Å². The fourth-order valence-electron chi connectivity index (χ4n) is 3.46. The molecule has 0 saturated carbocycles. The number of carbonyl (C=O) groups is 2. The highest BCUT2D eigenvalue weighted by Crippen LogP contribution is 2.37. The molecule has 1 fully saturated rings. The van der Waals surface area contributed by atoms with E-state index in [0.717, 1.165) is 4.90 Å². The molecule has 0 aliphatic carbocycles. The second-order valence-electron chi connectivity index (χ2n) is 7.61. The summed E-state index contributed by atoms with van der Waals surface area (Å²) in [5.41, 5.74) is -2.99. The molecule has 1 N–H and O–H groups in total. The summed E-state index contributed by atoms with van der Waals surface area (Å²) in [6.45, 7) is -0.764. The molecule has 0 aromatic heterocycles. The minimum Gasteiger partial charge on any atom is -0.344 e. The maximum Gasteiger partial charge on any atom is 0.416 e. The summed E-state index contributed by atoms with van der Waals surface area (Å²) >= 11 is 18.0. The number of hydrogen-bond donors (Lipinski definition) is 1. The van der Waals surface area contributed by atoms with Crippen LogP contribution in [0.25, 0.3) is 0 Å². The van der Waals surface area contributed by atoms with Gasteiger partial charge in [0.25, 0.3) is 0 Å². The second-order valence-corrected chi connectivity index (χ2v) is 8.83. The van der Waals surface area contributed by atoms with Crippen LogP contribution in [0, 0.1) is 0 Å². The molecular formula is C21H15Cl3F6N2O2. The van der Waals surface area contributed by atoms with Gasteiger partial charge in [-0.1, -0.05) is 34.8 Å². The molecule has 2 aromatic rings. The number of benzene rings is 2. The molecule has 13 heteroatoms. The van der Waals surface area contributed by atoms with Crippen molar-refractivity contribution in [2.45, 2.75) is 37.8 Å². The van der Waals surface area contributed by atoms with Crippen molar-refractivity contribution >= 4 is 46.6 Å². The van der Waals surface area contributed by atoms with E-state index >= 15 is 0 Å². The van der Waals surface area contributed by atoms with Crippen molar-refractivity contribution in [3.8, 4) is 0 Å². The summed E-state index contributed by atoms with van der Waals surface area (Å²) in [6.07, 6.45) is -10.4. The van der Waals surface area contributed by atoms with E-state index in [-0.39, 0.29) is 46.1 Å². The van der Waals surface area contributed by atoms with Gasteiger partial charge in [-0.15, -0.1) is 0 Å². The fraction of sp³-hybridized carbons (Fsp3) is 0.333. The van der Waals surface area contributed by atoms with E-state index in [0.29, 0.717) is 17.7 Å². The van der Waals surface area contributed by atoms with E-state index in [1.807, 2.05) is 0 Å². The maximum atomic E-state index is 13.2. The molecular weight excluding hydrogens is 533 g/mol. The highest BCUT2D eigenvalue weighted by atomic mass is 35.5. The first-order valence-electron chi connectivity index (χ1n) is 9.65. The molecule has 0 spiro atoms. The molecule has 1 unspecified atom stereocenters. The minimum atomic E-state index is -5.02. The Bertz CT molecular complexity index is 1090. The van der Waals surface area contributed by atoms with Crippen LogP contribution in [0.15, 0.2) is 30.3 Å². The average molecular weight is 548 g/mol. The molecule has 1 aliphatic rings. The maximum absolute atomic E-state index is 13.2. The third-order valence-electron chi connectivity index (χ3n) is 5.09. The van der Waals surface area contributed by atoms with Crippen molar-refractivity contribution in [1.29, 1.82) is 0 Å². The van der Waals surface area contributed by atoms with Gasteiger partial charge in [-0.25, -0.2) is 0 Å². The number of nitrogens with one attached hydrogen (secondary N) is 1. The molecule has 1 aliphatic heterocycles. The van der Waals surface area contributed by atoms with E-state index in [1.54, 1.807) is 0 Å². The molecule has 2 aromatic carbocycles. The van der Waals surface area contributed by atoms with Crippen molar-refractivity contribution in [3.05, 3.63) is 67.7 Å². The molecule has 184 valence electrons. The molecule has 0 radical (unpaired) electrons. The zero-order valence-corrected chi connectivity index (χ0v) is 19.2. The predicted molar refractivity (Wildman–Crippen MR) is 114 cm³/mol. The van der Waals surface area contributed by atoms with Gasteiger partial charge in [-0.05, 0) is 41.5 Å². The monoisotopic (exact) mass is 546 g/mol. The number of rotatable bonds is 4. The third-order valence-corrected chi connectivity index (χ3v) is 6.16. The quantitative estimate of drug-likeness (QED) is 0.369. The Morgan fingerprint density at radius 3 is 1.97 bits per heavy atom. The molecule has 0 bridgehead atoms. The lowest BCUT2D eigenvalue weighted by molar-refractivity contribution is -0.143. The second kappa shape index (κ2) is 9.83. The minimum absolute atomic E-state index is 0.00784. The summed E-state index contributed by atoms with van der Waals surface area (Å²) in [7, 11) is 0. The molecule has 4 nitrogen and oxygen atoms in total. The van der Waals surface area contributed by atoms with Crippen molar-refractivity contribution < 1.29 is 35.9 Å². The first-order chi connectivity index (χ1) is 15.6. The van der Waals surface area contributed by atoms with Gasteiger partial charge < -0.3 is 10.2 Å². The standard InChI is InChI=1S/C21H15Cl3F6N2O2/c22-14-8-16(24)15(23)5-11(14)6-17-19(34)32(2-1-18(33)31-17)9-10-3-12(20(25,26)27)7-13(4-10)21(28,29)30/h3-5,7-8,17H,1-2,6,9H2,(H,31,33). The van der Waals surface area contributed by atoms with Gasteiger partial charge in [0.1, 0.15) is 6.04 Å². The van der Waals surface area contributed by atoms with Gasteiger partial charge >= 0.3 is 12.4 Å². The van der Waals surface area contributed by atoms with Crippen LogP contribution in [0.1, 0.15) is 28.7 Å². The topological polar surface area (TPSA) is 49.4 Å². The number of amides is 2. The van der Waals surface area contributed by atoms with Crippen LogP contribution in [0.2, 0.25) is 15.1 Å². The van der Waals surface area contributed by atoms with Crippen molar-refractivity contribution in [3.63, 3.8) is 0 Å². The van der Waals surface area contributed by atoms with Crippen LogP contribution in [0.4, 0.5) is 26.3 Å². The van der Waals surface area contributed by atoms with Crippen LogP contribution in [-0.2, 0) is 34.9 Å². The fourth-order valence-corrected chi connectivity index (χ4v) is 4.11. The molecule has 34 heavy (non-hydrogen) atoms. The highest BCUT2D eigenvalue weighted by molar-refractivity contribution is 6.43. The van der Waals surface area contributed by atoms with Gasteiger partial charge in [-0.2, -0.15) is 26.3 Å². The first-order valence-corrected chi connectivity index (χ1v) is 10.8. The smallest absolute Gasteiger partial charge is 0.344 e. The predicted octanol–water partition coefficient (Wildman–Crippen LogP) is 6.14. The van der Waals surface area contributed by atoms with Crippen LogP contribution in [0.3, 0.4) is 0 Å². The van der Waals surface area contributed by atoms with Crippen molar-refractivity contribution in [1.82, 2.24) is 10.2 Å². The Kier molecular flexibility index (Phi) is 7.64. The highest BCUT2D eigenvalue weighted by Gasteiger charge is 2.38. The summed E-state index contributed by atoms with van der Waals surface area (Å²) < 4.78 is 79.1. The first kappa shape index (κ1) is 26.4. The Labute approximate surface area is 204 Å². The zero-order chi connectivity index (χ0) is 25.4. The Balaban J connectivity index is 1.92. The number of alkyl halides is 6. The number of halogens is 9. The molecule has 3 rings (SSSR count). The van der Waals surface area contributed by atoms with Gasteiger partial charge in [0, 0.05) is 31.0 Å². The van der Waals surface area contributed by atoms with Crippen molar-refractivity contribution in [2.75, 3.05) is 6.54 Å². The Hall–Kier alpha value is -2.17. The van der Waals surface area contributed by atoms with Crippen LogP contribution >= 0.6 is 34.8 Å². The molecule has 1 atom stereocenters. The van der Waals surface area contributed by atoms with Crippen LogP contribution in [0.5, 0.6) is 0 Å². The SMILES string of the molecule is O=C1CCN(Cc2cc(C(F)(F)F)cc(C(F)(F)F)c2)C(=O)C(Cc2cc(Cl)c(Cl)cc2Cl)N1. The number of hydrogen-bond acceptors (Lipinski definition) is 2. The van der Waals surface area contributed by atoms with Gasteiger partial charge in [0.2, 0.25) is 11.8 Å². The average Bonchev–Trinajstić information content (AvgIpc) is 2.84. The van der Waals surface area contributed by atoms with E-state index in [1.165, 1.54) is 12.1 Å². The summed E-state index contributed by atoms with van der Waals surface area (Å²) in [5.74, 6) is -1.21. The van der Waals surface area contributed by atoms with Crippen molar-refractivity contribution in [2.24, 2.45) is 0 Å². The lowest BCUT2D eigenvalue weighted by Crippen LogP contribution is -2.45. The lowest BCUT2D eigenvalue weighted by Gasteiger charge is -2.25. The van der Waals surface area contributed by atoms with E-state index < -0.39 is 47.9 Å². The zero-order valence-electron chi connectivity index (χ0n) is 17.0. The van der Waals surface area contributed by atoms with Crippen LogP contribution in [-0.4, -0.2) is 29.3 Å². The summed E-state index contributed by atoms with van der Waals surface area (Å²) in [5, 5.41) is 2.98. The molecule has 1 saturated heterocycles.